The molecule has 0 aliphatic carbocycles. The van der Waals surface area contributed by atoms with E-state index in [9.17, 15) is 4.39 Å². The molecule has 0 radical (unpaired) electrons. The fourth-order valence-electron chi connectivity index (χ4n) is 1.54. The summed E-state index contributed by atoms with van der Waals surface area (Å²) in [6.07, 6.45) is 0. The second kappa shape index (κ2) is 5.45. The maximum atomic E-state index is 13.5. The lowest BCUT2D eigenvalue weighted by Gasteiger charge is -2.00. The highest BCUT2D eigenvalue weighted by Crippen LogP contribution is 2.32. The van der Waals surface area contributed by atoms with Crippen LogP contribution in [0.1, 0.15) is 5.56 Å². The van der Waals surface area contributed by atoms with Gasteiger partial charge in [0.1, 0.15) is 17.4 Å². The average Bonchev–Trinajstić information content (AvgIpc) is 3.09. The molecule has 3 aromatic rings. The van der Waals surface area contributed by atoms with Crippen molar-refractivity contribution in [2.75, 3.05) is 0 Å². The van der Waals surface area contributed by atoms with Crippen LogP contribution in [0.2, 0.25) is 0 Å². The van der Waals surface area contributed by atoms with Gasteiger partial charge in [0.2, 0.25) is 0 Å². The Bertz CT molecular complexity index is 777. The van der Waals surface area contributed by atoms with E-state index in [1.165, 1.54) is 23.5 Å². The molecule has 0 atom stereocenters. The molecule has 3 rings (SSSR count). The molecular formula is C13H6FN3OS2. The number of rotatable bonds is 3. The van der Waals surface area contributed by atoms with Crippen LogP contribution in [-0.2, 0) is 0 Å². The molecule has 2 heterocycles. The van der Waals surface area contributed by atoms with Gasteiger partial charge in [-0.1, -0.05) is 12.1 Å². The van der Waals surface area contributed by atoms with Gasteiger partial charge in [-0.05, 0) is 35.3 Å². The van der Waals surface area contributed by atoms with Crippen LogP contribution in [0.25, 0.3) is 10.8 Å². The van der Waals surface area contributed by atoms with E-state index in [0.717, 1.165) is 16.6 Å². The number of nitriles is 1. The normalized spacial score (nSPS) is 10.4. The highest BCUT2D eigenvalue weighted by Gasteiger charge is 2.14. The van der Waals surface area contributed by atoms with E-state index >= 15 is 0 Å². The molecule has 0 saturated heterocycles. The lowest BCUT2D eigenvalue weighted by Crippen LogP contribution is -1.86. The second-order valence-electron chi connectivity index (χ2n) is 3.68. The van der Waals surface area contributed by atoms with Gasteiger partial charge in [0.25, 0.3) is 11.1 Å². The predicted molar refractivity (Wildman–Crippen MR) is 72.8 cm³/mol. The molecule has 0 unspecified atom stereocenters. The topological polar surface area (TPSA) is 62.7 Å². The first kappa shape index (κ1) is 12.8. The summed E-state index contributed by atoms with van der Waals surface area (Å²) in [7, 11) is 0. The van der Waals surface area contributed by atoms with Gasteiger partial charge in [-0.15, -0.1) is 21.5 Å². The van der Waals surface area contributed by atoms with Crippen molar-refractivity contribution in [3.05, 3.63) is 47.1 Å². The third-order valence-corrected chi connectivity index (χ3v) is 4.18. The Hall–Kier alpha value is -2.17. The van der Waals surface area contributed by atoms with Crippen LogP contribution in [0.4, 0.5) is 4.39 Å². The number of hydrogen-bond acceptors (Lipinski definition) is 6. The molecular weight excluding hydrogens is 297 g/mol. The monoisotopic (exact) mass is 303 g/mol. The minimum atomic E-state index is -0.560. The Morgan fingerprint density at radius 1 is 1.25 bits per heavy atom. The van der Waals surface area contributed by atoms with Crippen LogP contribution in [0, 0.1) is 17.1 Å². The minimum Gasteiger partial charge on any atom is -0.410 e. The third kappa shape index (κ3) is 2.43. The summed E-state index contributed by atoms with van der Waals surface area (Å²) in [4.78, 5) is 1.32. The molecule has 20 heavy (non-hydrogen) atoms. The first-order valence-electron chi connectivity index (χ1n) is 5.52. The molecule has 98 valence electrons. The van der Waals surface area contributed by atoms with Gasteiger partial charge in [-0.25, -0.2) is 4.39 Å². The lowest BCUT2D eigenvalue weighted by atomic mass is 10.2. The Morgan fingerprint density at radius 2 is 2.15 bits per heavy atom. The van der Waals surface area contributed by atoms with E-state index in [1.54, 1.807) is 6.07 Å². The molecule has 0 aliphatic heterocycles. The minimum absolute atomic E-state index is 0.0200. The third-order valence-electron chi connectivity index (χ3n) is 2.42. The molecule has 7 heteroatoms. The quantitative estimate of drug-likeness (QED) is 0.733. The first-order chi connectivity index (χ1) is 9.78. The van der Waals surface area contributed by atoms with Gasteiger partial charge in [0, 0.05) is 4.90 Å². The molecule has 0 amide bonds. The number of hydrogen-bond donors (Lipinski definition) is 0. The van der Waals surface area contributed by atoms with Gasteiger partial charge in [-0.2, -0.15) is 5.26 Å². The zero-order chi connectivity index (χ0) is 13.9. The standard InChI is InChI=1S/C13H6FN3OS2/c14-9-3-1-4-10(8(9)7-15)20-13-17-16-12(18-13)11-5-2-6-19-11/h1-6H. The fraction of sp³-hybridized carbons (Fsp3) is 0. The number of halogens is 1. The lowest BCUT2D eigenvalue weighted by molar-refractivity contribution is 0.466. The van der Waals surface area contributed by atoms with Gasteiger partial charge in [0.15, 0.2) is 0 Å². The fourth-order valence-corrected chi connectivity index (χ4v) is 2.97. The van der Waals surface area contributed by atoms with Crippen LogP contribution in [0.3, 0.4) is 0 Å². The van der Waals surface area contributed by atoms with E-state index in [0.29, 0.717) is 10.8 Å². The molecule has 0 spiro atoms. The summed E-state index contributed by atoms with van der Waals surface area (Å²) >= 11 is 2.56. The maximum absolute atomic E-state index is 13.5. The van der Waals surface area contributed by atoms with Crippen molar-refractivity contribution >= 4 is 23.1 Å². The molecule has 0 bridgehead atoms. The smallest absolute Gasteiger partial charge is 0.281 e. The van der Waals surface area contributed by atoms with Crippen molar-refractivity contribution in [2.45, 2.75) is 10.1 Å². The number of aromatic nitrogens is 2. The second-order valence-corrected chi connectivity index (χ2v) is 5.62. The van der Waals surface area contributed by atoms with Crippen LogP contribution in [-0.4, -0.2) is 10.2 Å². The number of thiophene rings is 1. The summed E-state index contributed by atoms with van der Waals surface area (Å²) < 4.78 is 19.0. The maximum Gasteiger partial charge on any atom is 0.281 e. The predicted octanol–water partition coefficient (Wildman–Crippen LogP) is 3.96. The van der Waals surface area contributed by atoms with E-state index in [4.69, 9.17) is 9.68 Å². The molecule has 0 saturated carbocycles. The van der Waals surface area contributed by atoms with Gasteiger partial charge in [0.05, 0.1) is 4.88 Å². The van der Waals surface area contributed by atoms with Gasteiger partial charge in [-0.3, -0.25) is 0 Å². The number of nitrogens with zero attached hydrogens (tertiary/aromatic N) is 3. The van der Waals surface area contributed by atoms with E-state index in [2.05, 4.69) is 10.2 Å². The molecule has 0 N–H and O–H groups in total. The first-order valence-corrected chi connectivity index (χ1v) is 7.21. The average molecular weight is 303 g/mol. The van der Waals surface area contributed by atoms with Crippen LogP contribution in [0.15, 0.2) is 50.2 Å². The Morgan fingerprint density at radius 3 is 2.90 bits per heavy atom. The van der Waals surface area contributed by atoms with Crippen LogP contribution < -0.4 is 0 Å². The van der Waals surface area contributed by atoms with Crippen LogP contribution >= 0.6 is 23.1 Å². The van der Waals surface area contributed by atoms with Crippen molar-refractivity contribution < 1.29 is 8.81 Å². The summed E-state index contributed by atoms with van der Waals surface area (Å²) in [6.45, 7) is 0. The van der Waals surface area contributed by atoms with E-state index in [-0.39, 0.29) is 10.8 Å². The highest BCUT2D eigenvalue weighted by atomic mass is 32.2. The molecule has 2 aromatic heterocycles. The zero-order valence-corrected chi connectivity index (χ0v) is 11.5. The summed E-state index contributed by atoms with van der Waals surface area (Å²) in [6, 6.07) is 10.0. The van der Waals surface area contributed by atoms with Crippen molar-refractivity contribution in [3.8, 4) is 16.8 Å². The Kier molecular flexibility index (Phi) is 3.50. The Labute approximate surface area is 121 Å². The highest BCUT2D eigenvalue weighted by molar-refractivity contribution is 7.99. The van der Waals surface area contributed by atoms with Gasteiger partial charge < -0.3 is 4.42 Å². The van der Waals surface area contributed by atoms with E-state index in [1.807, 2.05) is 23.6 Å². The summed E-state index contributed by atoms with van der Waals surface area (Å²) in [5.41, 5.74) is -0.0200. The van der Waals surface area contributed by atoms with Crippen molar-refractivity contribution in [3.63, 3.8) is 0 Å². The molecule has 0 fully saturated rings. The largest absolute Gasteiger partial charge is 0.410 e. The summed E-state index contributed by atoms with van der Waals surface area (Å²) in [5, 5.41) is 19.0. The van der Waals surface area contributed by atoms with Crippen LogP contribution in [0.5, 0.6) is 0 Å². The summed E-state index contributed by atoms with van der Waals surface area (Å²) in [5.74, 6) is -0.145. The van der Waals surface area contributed by atoms with Gasteiger partial charge >= 0.3 is 0 Å². The Balaban J connectivity index is 1.90. The molecule has 4 nitrogen and oxygen atoms in total. The molecule has 0 aliphatic rings. The molecule has 1 aromatic carbocycles. The van der Waals surface area contributed by atoms with Crippen molar-refractivity contribution in [2.24, 2.45) is 0 Å². The zero-order valence-electron chi connectivity index (χ0n) is 9.91. The van der Waals surface area contributed by atoms with Crippen molar-refractivity contribution in [1.29, 1.82) is 5.26 Å². The SMILES string of the molecule is N#Cc1c(F)cccc1Sc1nnc(-c2cccs2)o1. The van der Waals surface area contributed by atoms with E-state index < -0.39 is 5.82 Å². The van der Waals surface area contributed by atoms with Crippen molar-refractivity contribution in [1.82, 2.24) is 10.2 Å². The number of benzene rings is 1.